The summed E-state index contributed by atoms with van der Waals surface area (Å²) in [4.78, 5) is 1.67. The van der Waals surface area contributed by atoms with Crippen LogP contribution in [0.3, 0.4) is 0 Å². The molecule has 136 valence electrons. The Bertz CT molecular complexity index is 695. The van der Waals surface area contributed by atoms with Gasteiger partial charge in [0.25, 0.3) is 0 Å². The summed E-state index contributed by atoms with van der Waals surface area (Å²) in [5.41, 5.74) is 1.56. The molecule has 0 saturated heterocycles. The monoisotopic (exact) mass is 371 g/mol. The Morgan fingerprint density at radius 3 is 1.54 bits per heavy atom. The molecule has 0 fully saturated rings. The zero-order valence-electron chi connectivity index (χ0n) is 14.7. The van der Waals surface area contributed by atoms with E-state index >= 15 is 0 Å². The van der Waals surface area contributed by atoms with Crippen LogP contribution in [0.1, 0.15) is 23.2 Å². The zero-order valence-corrected chi connectivity index (χ0v) is 15.5. The molecule has 0 aromatic heterocycles. The number of aliphatic hydroxyl groups excluding tert-OH is 2. The van der Waals surface area contributed by atoms with E-state index in [-0.39, 0.29) is 38.6 Å². The number of rotatable bonds is 9. The van der Waals surface area contributed by atoms with Gasteiger partial charge in [-0.15, -0.1) is 0 Å². The average Bonchev–Trinajstić information content (AvgIpc) is 2.61. The SMILES string of the molecule is O=S(=O)([O-])CCN(C(CO)c1ccccc1)C(CO)c1ccccc1.[Li+]. The Morgan fingerprint density at radius 1 is 0.846 bits per heavy atom. The van der Waals surface area contributed by atoms with Gasteiger partial charge in [0.05, 0.1) is 41.2 Å². The number of hydrogen-bond acceptors (Lipinski definition) is 6. The molecule has 0 heterocycles. The first-order chi connectivity index (χ1) is 12.0. The molecule has 0 aliphatic heterocycles. The van der Waals surface area contributed by atoms with Crippen molar-refractivity contribution in [3.05, 3.63) is 71.8 Å². The Morgan fingerprint density at radius 2 is 1.23 bits per heavy atom. The third-order valence-corrected chi connectivity index (χ3v) is 4.80. The average molecular weight is 371 g/mol. The molecule has 0 spiro atoms. The van der Waals surface area contributed by atoms with E-state index in [4.69, 9.17) is 0 Å². The number of aliphatic hydroxyl groups is 2. The molecule has 0 aliphatic rings. The van der Waals surface area contributed by atoms with Crippen LogP contribution in [0.2, 0.25) is 0 Å². The summed E-state index contributed by atoms with van der Waals surface area (Å²) in [6.07, 6.45) is 0. The summed E-state index contributed by atoms with van der Waals surface area (Å²) in [5, 5.41) is 19.8. The van der Waals surface area contributed by atoms with Crippen molar-refractivity contribution in [3.63, 3.8) is 0 Å². The van der Waals surface area contributed by atoms with E-state index in [2.05, 4.69) is 0 Å². The van der Waals surface area contributed by atoms with Gasteiger partial charge in [-0.3, -0.25) is 4.90 Å². The van der Waals surface area contributed by atoms with Gasteiger partial charge in [0, 0.05) is 6.54 Å². The third-order valence-electron chi connectivity index (χ3n) is 4.11. The van der Waals surface area contributed by atoms with Crippen LogP contribution < -0.4 is 18.9 Å². The topological polar surface area (TPSA) is 101 Å². The van der Waals surface area contributed by atoms with E-state index in [1.54, 1.807) is 4.90 Å². The van der Waals surface area contributed by atoms with E-state index in [1.165, 1.54) is 0 Å². The fraction of sp³-hybridized carbons (Fsp3) is 0.333. The third kappa shape index (κ3) is 6.52. The predicted molar refractivity (Wildman–Crippen MR) is 93.8 cm³/mol. The molecule has 0 radical (unpaired) electrons. The number of benzene rings is 2. The molecule has 2 atom stereocenters. The first kappa shape index (κ1) is 22.9. The maximum absolute atomic E-state index is 11.1. The van der Waals surface area contributed by atoms with Gasteiger partial charge < -0.3 is 14.8 Å². The van der Waals surface area contributed by atoms with Gasteiger partial charge in [-0.1, -0.05) is 60.7 Å². The van der Waals surface area contributed by atoms with E-state index in [0.717, 1.165) is 11.1 Å². The van der Waals surface area contributed by atoms with E-state index in [1.807, 2.05) is 60.7 Å². The smallest absolute Gasteiger partial charge is 0.748 e. The largest absolute Gasteiger partial charge is 1.00 e. The zero-order chi connectivity index (χ0) is 18.3. The van der Waals surface area contributed by atoms with Gasteiger partial charge in [-0.2, -0.15) is 0 Å². The van der Waals surface area contributed by atoms with E-state index in [0.29, 0.717) is 0 Å². The van der Waals surface area contributed by atoms with Gasteiger partial charge in [0.15, 0.2) is 0 Å². The van der Waals surface area contributed by atoms with Crippen LogP contribution in [0.15, 0.2) is 60.7 Å². The second kappa shape index (κ2) is 10.9. The summed E-state index contributed by atoms with van der Waals surface area (Å²) in [7, 11) is -4.42. The molecule has 0 saturated carbocycles. The standard InChI is InChI=1S/C18H23NO5S.Li/c20-13-17(15-7-3-1-4-8-15)19(11-12-25(22,23)24)18(14-21)16-9-5-2-6-10-16;/h1-10,17-18,20-21H,11-14H2,(H,22,23,24);/q;+1/p-1. The fourth-order valence-electron chi connectivity index (χ4n) is 2.90. The number of hydrogen-bond donors (Lipinski definition) is 2. The summed E-state index contributed by atoms with van der Waals surface area (Å²) in [5.74, 6) is -0.598. The summed E-state index contributed by atoms with van der Waals surface area (Å²) >= 11 is 0. The first-order valence-electron chi connectivity index (χ1n) is 7.97. The molecule has 2 aromatic rings. The van der Waals surface area contributed by atoms with Crippen LogP contribution in [0.5, 0.6) is 0 Å². The maximum atomic E-state index is 11.1. The van der Waals surface area contributed by atoms with Gasteiger partial charge in [0.1, 0.15) is 0 Å². The predicted octanol–water partition coefficient (Wildman–Crippen LogP) is -1.70. The van der Waals surface area contributed by atoms with Crippen molar-refractivity contribution in [2.45, 2.75) is 12.1 Å². The van der Waals surface area contributed by atoms with Crippen molar-refractivity contribution in [1.29, 1.82) is 0 Å². The molecule has 2 unspecified atom stereocenters. The van der Waals surface area contributed by atoms with Gasteiger partial charge in [-0.05, 0) is 11.1 Å². The quantitative estimate of drug-likeness (QED) is 0.403. The Kier molecular flexibility index (Phi) is 9.54. The molecule has 6 nitrogen and oxygen atoms in total. The fourth-order valence-corrected chi connectivity index (χ4v) is 3.33. The summed E-state index contributed by atoms with van der Waals surface area (Å²) in [6, 6.07) is 17.1. The molecule has 0 amide bonds. The summed E-state index contributed by atoms with van der Waals surface area (Å²) in [6.45, 7) is -0.634. The van der Waals surface area contributed by atoms with Gasteiger partial charge in [0.2, 0.25) is 0 Å². The van der Waals surface area contributed by atoms with Gasteiger partial charge in [-0.25, -0.2) is 8.42 Å². The molecular formula is C18H22LiNO5S. The van der Waals surface area contributed by atoms with Crippen LogP contribution in [0.25, 0.3) is 0 Å². The Labute approximate surface area is 166 Å². The Balaban J connectivity index is 0.00000338. The normalized spacial score (nSPS) is 13.8. The second-order valence-corrected chi connectivity index (χ2v) is 7.24. The van der Waals surface area contributed by atoms with Crippen molar-refractivity contribution in [2.75, 3.05) is 25.5 Å². The summed E-state index contributed by atoms with van der Waals surface area (Å²) < 4.78 is 33.4. The van der Waals surface area contributed by atoms with Gasteiger partial charge >= 0.3 is 18.9 Å². The van der Waals surface area contributed by atoms with Crippen molar-refractivity contribution in [1.82, 2.24) is 4.90 Å². The molecule has 2 aromatic carbocycles. The first-order valence-corrected chi connectivity index (χ1v) is 9.55. The van der Waals surface area contributed by atoms with Crippen LogP contribution >= 0.6 is 0 Å². The maximum Gasteiger partial charge on any atom is 1.00 e. The second-order valence-electron chi connectivity index (χ2n) is 5.72. The van der Waals surface area contributed by atoms with E-state index < -0.39 is 28.0 Å². The van der Waals surface area contributed by atoms with Crippen LogP contribution in [-0.2, 0) is 10.1 Å². The minimum atomic E-state index is -4.42. The minimum absolute atomic E-state index is 0. The molecule has 2 rings (SSSR count). The number of nitrogens with zero attached hydrogens (tertiary/aromatic N) is 1. The molecule has 0 aliphatic carbocycles. The Hall–Kier alpha value is -1.17. The molecule has 0 bridgehead atoms. The molecule has 26 heavy (non-hydrogen) atoms. The molecule has 2 N–H and O–H groups in total. The van der Waals surface area contributed by atoms with Crippen LogP contribution in [0.4, 0.5) is 0 Å². The van der Waals surface area contributed by atoms with Crippen molar-refractivity contribution in [2.24, 2.45) is 0 Å². The van der Waals surface area contributed by atoms with Crippen LogP contribution in [0, 0.1) is 0 Å². The molecular weight excluding hydrogens is 349 g/mol. The van der Waals surface area contributed by atoms with Crippen molar-refractivity contribution < 1.29 is 42.0 Å². The minimum Gasteiger partial charge on any atom is -0.748 e. The van der Waals surface area contributed by atoms with Crippen molar-refractivity contribution in [3.8, 4) is 0 Å². The van der Waals surface area contributed by atoms with Crippen LogP contribution in [-0.4, -0.2) is 53.6 Å². The van der Waals surface area contributed by atoms with E-state index in [9.17, 15) is 23.2 Å². The van der Waals surface area contributed by atoms with Crippen molar-refractivity contribution >= 4 is 10.1 Å². The molecule has 8 heteroatoms.